The van der Waals surface area contributed by atoms with Gasteiger partial charge in [-0.2, -0.15) is 0 Å². The van der Waals surface area contributed by atoms with E-state index in [1.54, 1.807) is 6.07 Å². The maximum absolute atomic E-state index is 11.1. The van der Waals surface area contributed by atoms with Crippen molar-refractivity contribution in [2.24, 2.45) is 0 Å². The van der Waals surface area contributed by atoms with Crippen LogP contribution in [0.4, 0.5) is 0 Å². The zero-order chi connectivity index (χ0) is 14.8. The molecule has 1 aromatic carbocycles. The van der Waals surface area contributed by atoms with Gasteiger partial charge in [-0.25, -0.2) is 14.8 Å². The van der Waals surface area contributed by atoms with Crippen LogP contribution in [0.5, 0.6) is 11.6 Å². The molecule has 0 spiro atoms. The van der Waals surface area contributed by atoms with Gasteiger partial charge in [-0.05, 0) is 23.1 Å². The second-order valence-corrected chi connectivity index (χ2v) is 5.40. The molecule has 1 aromatic heterocycles. The van der Waals surface area contributed by atoms with Gasteiger partial charge in [0.25, 0.3) is 5.88 Å². The number of carbonyl (C=O) groups is 1. The van der Waals surface area contributed by atoms with Gasteiger partial charge >= 0.3 is 5.97 Å². The van der Waals surface area contributed by atoms with Gasteiger partial charge in [0.05, 0.1) is 0 Å². The van der Waals surface area contributed by atoms with E-state index in [1.165, 1.54) is 12.4 Å². The van der Waals surface area contributed by atoms with Crippen LogP contribution in [0, 0.1) is 0 Å². The van der Waals surface area contributed by atoms with Crippen molar-refractivity contribution in [3.05, 3.63) is 47.9 Å². The minimum atomic E-state index is -1.17. The minimum absolute atomic E-state index is 0.00828. The Morgan fingerprint density at radius 2 is 1.90 bits per heavy atom. The van der Waals surface area contributed by atoms with E-state index in [9.17, 15) is 4.79 Å². The zero-order valence-corrected chi connectivity index (χ0v) is 11.6. The SMILES string of the molecule is CC(C)(C)c1cccc(Oc2nccnc2C(=O)O)c1. The number of nitrogens with zero attached hydrogens (tertiary/aromatic N) is 2. The molecule has 0 aliphatic carbocycles. The summed E-state index contributed by atoms with van der Waals surface area (Å²) in [6.45, 7) is 6.28. The van der Waals surface area contributed by atoms with Gasteiger partial charge in [0, 0.05) is 12.4 Å². The first-order valence-corrected chi connectivity index (χ1v) is 6.20. The molecule has 0 radical (unpaired) electrons. The lowest BCUT2D eigenvalue weighted by molar-refractivity contribution is 0.0686. The Hall–Kier alpha value is -2.43. The Balaban J connectivity index is 2.34. The Bertz CT molecular complexity index is 633. The highest BCUT2D eigenvalue weighted by Gasteiger charge is 2.17. The highest BCUT2D eigenvalue weighted by Crippen LogP contribution is 2.28. The summed E-state index contributed by atoms with van der Waals surface area (Å²) < 4.78 is 5.55. The van der Waals surface area contributed by atoms with Crippen LogP contribution in [0.2, 0.25) is 0 Å². The standard InChI is InChI=1S/C15H16N2O3/c1-15(2,3)10-5-4-6-11(9-10)20-13-12(14(18)19)16-7-8-17-13/h4-9H,1-3H3,(H,18,19). The minimum Gasteiger partial charge on any atom is -0.476 e. The highest BCUT2D eigenvalue weighted by atomic mass is 16.5. The summed E-state index contributed by atoms with van der Waals surface area (Å²) in [6.07, 6.45) is 2.72. The fraction of sp³-hybridized carbons (Fsp3) is 0.267. The van der Waals surface area contributed by atoms with E-state index in [1.807, 2.05) is 18.2 Å². The van der Waals surface area contributed by atoms with Crippen LogP contribution in [-0.2, 0) is 5.41 Å². The first-order chi connectivity index (χ1) is 9.38. The summed E-state index contributed by atoms with van der Waals surface area (Å²) in [5, 5.41) is 9.05. The Morgan fingerprint density at radius 3 is 2.55 bits per heavy atom. The predicted octanol–water partition coefficient (Wildman–Crippen LogP) is 3.26. The van der Waals surface area contributed by atoms with Crippen molar-refractivity contribution in [2.45, 2.75) is 26.2 Å². The monoisotopic (exact) mass is 272 g/mol. The number of hydrogen-bond donors (Lipinski definition) is 1. The van der Waals surface area contributed by atoms with E-state index in [0.717, 1.165) is 5.56 Å². The summed E-state index contributed by atoms with van der Waals surface area (Å²) in [6, 6.07) is 7.50. The second-order valence-electron chi connectivity index (χ2n) is 5.40. The number of ether oxygens (including phenoxy) is 1. The number of carboxylic acids is 1. The van der Waals surface area contributed by atoms with Crippen LogP contribution in [0.25, 0.3) is 0 Å². The fourth-order valence-electron chi connectivity index (χ4n) is 1.68. The van der Waals surface area contributed by atoms with E-state index in [4.69, 9.17) is 9.84 Å². The molecule has 0 aliphatic heterocycles. The van der Waals surface area contributed by atoms with Crippen molar-refractivity contribution in [1.82, 2.24) is 9.97 Å². The molecule has 0 unspecified atom stereocenters. The summed E-state index contributed by atoms with van der Waals surface area (Å²) in [4.78, 5) is 18.7. The van der Waals surface area contributed by atoms with Crippen LogP contribution in [-0.4, -0.2) is 21.0 Å². The van der Waals surface area contributed by atoms with Crippen LogP contribution in [0.15, 0.2) is 36.7 Å². The number of benzene rings is 1. The third-order valence-electron chi connectivity index (χ3n) is 2.78. The Kier molecular flexibility index (Phi) is 3.70. The van der Waals surface area contributed by atoms with Gasteiger partial charge in [0.1, 0.15) is 5.75 Å². The molecular weight excluding hydrogens is 256 g/mol. The van der Waals surface area contributed by atoms with E-state index in [-0.39, 0.29) is 17.0 Å². The smallest absolute Gasteiger partial charge is 0.360 e. The van der Waals surface area contributed by atoms with Crippen molar-refractivity contribution >= 4 is 5.97 Å². The molecule has 0 amide bonds. The van der Waals surface area contributed by atoms with Gasteiger partial charge in [-0.3, -0.25) is 0 Å². The molecule has 0 saturated heterocycles. The van der Waals surface area contributed by atoms with Gasteiger partial charge in [-0.1, -0.05) is 32.9 Å². The lowest BCUT2D eigenvalue weighted by Gasteiger charge is -2.19. The summed E-state index contributed by atoms with van der Waals surface area (Å²) >= 11 is 0. The van der Waals surface area contributed by atoms with Gasteiger partial charge < -0.3 is 9.84 Å². The number of hydrogen-bond acceptors (Lipinski definition) is 4. The molecule has 104 valence electrons. The number of aromatic nitrogens is 2. The van der Waals surface area contributed by atoms with E-state index in [0.29, 0.717) is 5.75 Å². The first kappa shape index (κ1) is 14.0. The van der Waals surface area contributed by atoms with E-state index >= 15 is 0 Å². The molecule has 2 aromatic rings. The van der Waals surface area contributed by atoms with E-state index in [2.05, 4.69) is 30.7 Å². The van der Waals surface area contributed by atoms with Crippen molar-refractivity contribution < 1.29 is 14.6 Å². The Labute approximate surface area is 117 Å². The zero-order valence-electron chi connectivity index (χ0n) is 11.6. The molecule has 1 heterocycles. The molecule has 0 saturated carbocycles. The summed E-state index contributed by atoms with van der Waals surface area (Å²) in [5.41, 5.74) is 0.876. The fourth-order valence-corrected chi connectivity index (χ4v) is 1.68. The second kappa shape index (κ2) is 5.28. The van der Waals surface area contributed by atoms with Gasteiger partial charge in [-0.15, -0.1) is 0 Å². The van der Waals surface area contributed by atoms with Gasteiger partial charge in [0.2, 0.25) is 5.69 Å². The number of carboxylic acid groups (broad SMARTS) is 1. The van der Waals surface area contributed by atoms with Gasteiger partial charge in [0.15, 0.2) is 0 Å². The highest BCUT2D eigenvalue weighted by molar-refractivity contribution is 5.87. The average molecular weight is 272 g/mol. The summed E-state index contributed by atoms with van der Waals surface area (Å²) in [7, 11) is 0. The number of aromatic carboxylic acids is 1. The topological polar surface area (TPSA) is 72.3 Å². The van der Waals surface area contributed by atoms with E-state index < -0.39 is 5.97 Å². The molecule has 0 bridgehead atoms. The van der Waals surface area contributed by atoms with Crippen LogP contribution in [0.1, 0.15) is 36.8 Å². The van der Waals surface area contributed by atoms with Crippen molar-refractivity contribution in [1.29, 1.82) is 0 Å². The lowest BCUT2D eigenvalue weighted by atomic mass is 9.87. The third-order valence-corrected chi connectivity index (χ3v) is 2.78. The molecule has 1 N–H and O–H groups in total. The summed E-state index contributed by atoms with van der Waals surface area (Å²) in [5.74, 6) is -0.633. The first-order valence-electron chi connectivity index (χ1n) is 6.20. The largest absolute Gasteiger partial charge is 0.476 e. The van der Waals surface area contributed by atoms with Crippen molar-refractivity contribution in [2.75, 3.05) is 0 Å². The lowest BCUT2D eigenvalue weighted by Crippen LogP contribution is -2.11. The van der Waals surface area contributed by atoms with Crippen LogP contribution < -0.4 is 4.74 Å². The van der Waals surface area contributed by atoms with Crippen molar-refractivity contribution in [3.8, 4) is 11.6 Å². The van der Waals surface area contributed by atoms with Crippen LogP contribution >= 0.6 is 0 Å². The predicted molar refractivity (Wildman–Crippen MR) is 74.2 cm³/mol. The molecule has 20 heavy (non-hydrogen) atoms. The average Bonchev–Trinajstić information content (AvgIpc) is 2.38. The maximum atomic E-state index is 11.1. The molecular formula is C15H16N2O3. The quantitative estimate of drug-likeness (QED) is 0.928. The molecule has 2 rings (SSSR count). The normalized spacial score (nSPS) is 11.2. The third kappa shape index (κ3) is 3.12. The molecule has 5 heteroatoms. The maximum Gasteiger partial charge on any atom is 0.360 e. The van der Waals surface area contributed by atoms with Crippen molar-refractivity contribution in [3.63, 3.8) is 0 Å². The molecule has 0 fully saturated rings. The molecule has 0 aliphatic rings. The Morgan fingerprint density at radius 1 is 1.20 bits per heavy atom. The number of rotatable bonds is 3. The molecule has 5 nitrogen and oxygen atoms in total. The van der Waals surface area contributed by atoms with Crippen LogP contribution in [0.3, 0.4) is 0 Å². The molecule has 0 atom stereocenters.